The average Bonchev–Trinajstić information content (AvgIpc) is 2.79. The van der Waals surface area contributed by atoms with Crippen molar-refractivity contribution >= 4 is 28.9 Å². The highest BCUT2D eigenvalue weighted by Crippen LogP contribution is 2.32. The molecular formula is C14H17FN2O2S. The first-order valence-electron chi connectivity index (χ1n) is 6.36. The van der Waals surface area contributed by atoms with Gasteiger partial charge in [0.25, 0.3) is 0 Å². The van der Waals surface area contributed by atoms with Gasteiger partial charge in [0, 0.05) is 18.8 Å². The predicted octanol–water partition coefficient (Wildman–Crippen LogP) is 1.71. The van der Waals surface area contributed by atoms with Crippen molar-refractivity contribution in [1.82, 2.24) is 0 Å². The maximum Gasteiger partial charge on any atom is 0.310 e. The van der Waals surface area contributed by atoms with Crippen LogP contribution in [0.1, 0.15) is 12.5 Å². The Kier molecular flexibility index (Phi) is 4.23. The van der Waals surface area contributed by atoms with Gasteiger partial charge in [0.1, 0.15) is 10.8 Å². The van der Waals surface area contributed by atoms with Gasteiger partial charge in [-0.05, 0) is 18.1 Å². The molecule has 1 fully saturated rings. The van der Waals surface area contributed by atoms with Gasteiger partial charge < -0.3 is 15.4 Å². The smallest absolute Gasteiger partial charge is 0.310 e. The van der Waals surface area contributed by atoms with Crippen molar-refractivity contribution in [1.29, 1.82) is 0 Å². The molecule has 1 saturated heterocycles. The molecule has 1 heterocycles. The van der Waals surface area contributed by atoms with Gasteiger partial charge in [0.05, 0.1) is 18.6 Å². The summed E-state index contributed by atoms with van der Waals surface area (Å²) < 4.78 is 18.7. The molecule has 1 aliphatic rings. The summed E-state index contributed by atoms with van der Waals surface area (Å²) in [7, 11) is 1.38. The summed E-state index contributed by atoms with van der Waals surface area (Å²) in [5.74, 6) is -0.773. The topological polar surface area (TPSA) is 55.6 Å². The minimum Gasteiger partial charge on any atom is -0.469 e. The van der Waals surface area contributed by atoms with E-state index in [1.165, 1.54) is 13.2 Å². The first-order chi connectivity index (χ1) is 9.45. The molecule has 6 heteroatoms. The van der Waals surface area contributed by atoms with E-state index in [9.17, 15) is 9.18 Å². The molecule has 108 valence electrons. The molecule has 2 rings (SSSR count). The highest BCUT2D eigenvalue weighted by atomic mass is 32.1. The van der Waals surface area contributed by atoms with E-state index in [0.29, 0.717) is 18.8 Å². The number of carbonyl (C=O) groups excluding carboxylic acids is 1. The van der Waals surface area contributed by atoms with E-state index in [2.05, 4.69) is 0 Å². The van der Waals surface area contributed by atoms with Crippen molar-refractivity contribution in [2.75, 3.05) is 25.1 Å². The standard InChI is InChI=1S/C14H17FN2O2S/c1-8-6-17(7-9(8)14(18)19-2)11-5-3-4-10(15)12(11)13(16)20/h3-5,8-9H,6-7H2,1-2H3,(H2,16,20). The average molecular weight is 296 g/mol. The SMILES string of the molecule is COC(=O)C1CN(c2cccc(F)c2C(N)=S)CC1C. The van der Waals surface area contributed by atoms with Crippen LogP contribution in [0, 0.1) is 17.7 Å². The minimum absolute atomic E-state index is 0.0206. The molecule has 1 aromatic rings. The Morgan fingerprint density at radius 2 is 2.20 bits per heavy atom. The van der Waals surface area contributed by atoms with Crippen LogP contribution in [0.4, 0.5) is 10.1 Å². The second-order valence-corrected chi connectivity index (χ2v) is 5.45. The van der Waals surface area contributed by atoms with Gasteiger partial charge in [-0.1, -0.05) is 25.2 Å². The Morgan fingerprint density at radius 3 is 2.80 bits per heavy atom. The van der Waals surface area contributed by atoms with Crippen molar-refractivity contribution in [3.8, 4) is 0 Å². The summed E-state index contributed by atoms with van der Waals surface area (Å²) in [4.78, 5) is 13.7. The lowest BCUT2D eigenvalue weighted by Crippen LogP contribution is -2.26. The van der Waals surface area contributed by atoms with E-state index >= 15 is 0 Å². The van der Waals surface area contributed by atoms with Crippen molar-refractivity contribution < 1.29 is 13.9 Å². The van der Waals surface area contributed by atoms with Gasteiger partial charge in [-0.2, -0.15) is 0 Å². The fourth-order valence-corrected chi connectivity index (χ4v) is 2.84. The number of rotatable bonds is 3. The molecule has 1 aliphatic heterocycles. The highest BCUT2D eigenvalue weighted by Gasteiger charge is 2.36. The van der Waals surface area contributed by atoms with Gasteiger partial charge >= 0.3 is 5.97 Å². The molecule has 0 amide bonds. The van der Waals surface area contributed by atoms with E-state index in [-0.39, 0.29) is 28.4 Å². The Labute approximate surface area is 122 Å². The number of hydrogen-bond donors (Lipinski definition) is 1. The Hall–Kier alpha value is -1.69. The molecule has 20 heavy (non-hydrogen) atoms. The van der Waals surface area contributed by atoms with Crippen LogP contribution in [-0.4, -0.2) is 31.2 Å². The second kappa shape index (κ2) is 5.75. The Bertz CT molecular complexity index is 550. The third-order valence-electron chi connectivity index (χ3n) is 3.69. The number of ether oxygens (including phenoxy) is 1. The number of nitrogens with two attached hydrogens (primary N) is 1. The Balaban J connectivity index is 2.33. The summed E-state index contributed by atoms with van der Waals surface area (Å²) in [6.07, 6.45) is 0. The largest absolute Gasteiger partial charge is 0.469 e. The van der Waals surface area contributed by atoms with Crippen LogP contribution >= 0.6 is 12.2 Å². The van der Waals surface area contributed by atoms with E-state index < -0.39 is 5.82 Å². The predicted molar refractivity (Wildman–Crippen MR) is 79.2 cm³/mol. The molecule has 2 unspecified atom stereocenters. The van der Waals surface area contributed by atoms with Crippen molar-refractivity contribution in [3.05, 3.63) is 29.6 Å². The van der Waals surface area contributed by atoms with Gasteiger partial charge in [-0.25, -0.2) is 4.39 Å². The number of thiocarbonyl (C=S) groups is 1. The van der Waals surface area contributed by atoms with E-state index in [4.69, 9.17) is 22.7 Å². The minimum atomic E-state index is -0.441. The first kappa shape index (κ1) is 14.7. The van der Waals surface area contributed by atoms with Gasteiger partial charge in [-0.15, -0.1) is 0 Å². The molecule has 2 N–H and O–H groups in total. The summed E-state index contributed by atoms with van der Waals surface area (Å²) >= 11 is 4.93. The second-order valence-electron chi connectivity index (χ2n) is 5.01. The van der Waals surface area contributed by atoms with Gasteiger partial charge in [0.2, 0.25) is 0 Å². The lowest BCUT2D eigenvalue weighted by Gasteiger charge is -2.21. The molecule has 4 nitrogen and oxygen atoms in total. The van der Waals surface area contributed by atoms with Crippen LogP contribution in [0.3, 0.4) is 0 Å². The number of hydrogen-bond acceptors (Lipinski definition) is 4. The molecule has 0 spiro atoms. The van der Waals surface area contributed by atoms with Crippen molar-refractivity contribution in [3.63, 3.8) is 0 Å². The van der Waals surface area contributed by atoms with Gasteiger partial charge in [-0.3, -0.25) is 4.79 Å². The molecule has 0 saturated carbocycles. The molecule has 1 aromatic carbocycles. The fraction of sp³-hybridized carbons (Fsp3) is 0.429. The number of nitrogens with zero attached hydrogens (tertiary/aromatic N) is 1. The monoisotopic (exact) mass is 296 g/mol. The first-order valence-corrected chi connectivity index (χ1v) is 6.77. The number of benzene rings is 1. The van der Waals surface area contributed by atoms with E-state index in [1.807, 2.05) is 11.8 Å². The lowest BCUT2D eigenvalue weighted by atomic mass is 9.99. The quantitative estimate of drug-likeness (QED) is 0.680. The fourth-order valence-electron chi connectivity index (χ4n) is 2.64. The maximum absolute atomic E-state index is 13.9. The van der Waals surface area contributed by atoms with E-state index in [1.54, 1.807) is 12.1 Å². The molecular weight excluding hydrogens is 279 g/mol. The molecule has 0 aliphatic carbocycles. The van der Waals surface area contributed by atoms with Crippen LogP contribution in [0.25, 0.3) is 0 Å². The van der Waals surface area contributed by atoms with Crippen LogP contribution in [0.5, 0.6) is 0 Å². The third-order valence-corrected chi connectivity index (χ3v) is 3.90. The highest BCUT2D eigenvalue weighted by molar-refractivity contribution is 7.80. The zero-order valence-corrected chi connectivity index (χ0v) is 12.2. The molecule has 0 radical (unpaired) electrons. The molecule has 0 aromatic heterocycles. The van der Waals surface area contributed by atoms with Crippen molar-refractivity contribution in [2.24, 2.45) is 17.6 Å². The number of halogens is 1. The van der Waals surface area contributed by atoms with Crippen LogP contribution in [0.2, 0.25) is 0 Å². The van der Waals surface area contributed by atoms with Crippen LogP contribution in [0.15, 0.2) is 18.2 Å². The zero-order valence-electron chi connectivity index (χ0n) is 11.4. The summed E-state index contributed by atoms with van der Waals surface area (Å²) in [6, 6.07) is 4.71. The Morgan fingerprint density at radius 1 is 1.50 bits per heavy atom. The maximum atomic E-state index is 13.9. The molecule has 2 atom stereocenters. The summed E-state index contributed by atoms with van der Waals surface area (Å²) in [5.41, 5.74) is 6.48. The number of anilines is 1. The number of esters is 1. The summed E-state index contributed by atoms with van der Waals surface area (Å²) in [5, 5.41) is 0. The third kappa shape index (κ3) is 2.60. The van der Waals surface area contributed by atoms with Crippen LogP contribution < -0.4 is 10.6 Å². The number of carbonyl (C=O) groups is 1. The van der Waals surface area contributed by atoms with Crippen LogP contribution in [-0.2, 0) is 9.53 Å². The van der Waals surface area contributed by atoms with Crippen molar-refractivity contribution in [2.45, 2.75) is 6.92 Å². The summed E-state index contributed by atoms with van der Waals surface area (Å²) in [6.45, 7) is 3.09. The van der Waals surface area contributed by atoms with Gasteiger partial charge in [0.15, 0.2) is 0 Å². The lowest BCUT2D eigenvalue weighted by molar-refractivity contribution is -0.145. The number of methoxy groups -OCH3 is 1. The normalized spacial score (nSPS) is 21.9. The van der Waals surface area contributed by atoms with E-state index in [0.717, 1.165) is 0 Å². The molecule has 0 bridgehead atoms. The zero-order chi connectivity index (χ0) is 14.9.